The van der Waals surface area contributed by atoms with Crippen LogP contribution in [-0.4, -0.2) is 36.3 Å². The molecule has 2 amide bonds. The number of nitrogens with one attached hydrogen (secondary N) is 1. The Bertz CT molecular complexity index is 528. The molecular weight excluding hydrogens is 370 g/mol. The number of benzene rings is 1. The monoisotopic (exact) mass is 389 g/mol. The Balaban J connectivity index is 0.00000242. The minimum atomic E-state index is -1.16. The third-order valence-corrected chi connectivity index (χ3v) is 4.30. The number of hydrogen-bond acceptors (Lipinski definition) is 3. The van der Waals surface area contributed by atoms with Crippen molar-refractivity contribution >= 4 is 40.2 Å². The van der Waals surface area contributed by atoms with Crippen LogP contribution < -0.4 is 11.1 Å². The lowest BCUT2D eigenvalue weighted by molar-refractivity contribution is -0.133. The van der Waals surface area contributed by atoms with Crippen molar-refractivity contribution in [2.45, 2.75) is 25.3 Å². The van der Waals surface area contributed by atoms with Gasteiger partial charge >= 0.3 is 0 Å². The first-order chi connectivity index (χ1) is 9.91. The summed E-state index contributed by atoms with van der Waals surface area (Å²) < 4.78 is 0.923. The molecule has 1 heterocycles. The summed E-state index contributed by atoms with van der Waals surface area (Å²) in [6.45, 7) is 3.21. The molecule has 0 radical (unpaired) electrons. The Morgan fingerprint density at radius 3 is 2.36 bits per heavy atom. The molecule has 2 rings (SSSR count). The molecule has 122 valence electrons. The number of carbonyl (C=O) groups is 2. The second-order valence-electron chi connectivity index (χ2n) is 5.48. The summed E-state index contributed by atoms with van der Waals surface area (Å²) in [4.78, 5) is 25.9. The second kappa shape index (κ2) is 7.94. The zero-order valence-corrected chi connectivity index (χ0v) is 14.9. The van der Waals surface area contributed by atoms with E-state index in [2.05, 4.69) is 21.2 Å². The zero-order valence-electron chi connectivity index (χ0n) is 12.5. The van der Waals surface area contributed by atoms with Gasteiger partial charge in [0.15, 0.2) is 0 Å². The standard InChI is InChI=1S/C15H20BrN3O2.ClH/c1-15(17,11-4-6-12(16)7-5-11)14(21)18-10-13(20)19-8-2-3-9-19;/h4-7H,2-3,8-10,17H2,1H3,(H,18,21);1H. The van der Waals surface area contributed by atoms with Crippen LogP contribution >= 0.6 is 28.3 Å². The van der Waals surface area contributed by atoms with E-state index in [4.69, 9.17) is 5.73 Å². The van der Waals surface area contributed by atoms with E-state index in [9.17, 15) is 9.59 Å². The van der Waals surface area contributed by atoms with Crippen LogP contribution in [0, 0.1) is 0 Å². The maximum absolute atomic E-state index is 12.3. The van der Waals surface area contributed by atoms with E-state index in [0.717, 1.165) is 30.4 Å². The minimum absolute atomic E-state index is 0. The van der Waals surface area contributed by atoms with Crippen LogP contribution in [0.1, 0.15) is 25.3 Å². The maximum Gasteiger partial charge on any atom is 0.244 e. The summed E-state index contributed by atoms with van der Waals surface area (Å²) in [7, 11) is 0. The van der Waals surface area contributed by atoms with Gasteiger partial charge in [-0.15, -0.1) is 12.4 Å². The van der Waals surface area contributed by atoms with Gasteiger partial charge in [-0.2, -0.15) is 0 Å². The molecule has 1 atom stereocenters. The molecule has 5 nitrogen and oxygen atoms in total. The highest BCUT2D eigenvalue weighted by atomic mass is 79.9. The van der Waals surface area contributed by atoms with Gasteiger partial charge < -0.3 is 16.0 Å². The van der Waals surface area contributed by atoms with Gasteiger partial charge in [0, 0.05) is 17.6 Å². The molecule has 3 N–H and O–H groups in total. The van der Waals surface area contributed by atoms with Crippen molar-refractivity contribution in [3.8, 4) is 0 Å². The van der Waals surface area contributed by atoms with E-state index in [0.29, 0.717) is 5.56 Å². The molecule has 0 spiro atoms. The Morgan fingerprint density at radius 1 is 1.27 bits per heavy atom. The molecule has 1 saturated heterocycles. The SMILES string of the molecule is CC(N)(C(=O)NCC(=O)N1CCCC1)c1ccc(Br)cc1.Cl. The quantitative estimate of drug-likeness (QED) is 0.823. The van der Waals surface area contributed by atoms with Crippen LogP contribution in [0.15, 0.2) is 28.7 Å². The van der Waals surface area contributed by atoms with Crippen LogP contribution in [0.2, 0.25) is 0 Å². The highest BCUT2D eigenvalue weighted by molar-refractivity contribution is 9.10. The summed E-state index contributed by atoms with van der Waals surface area (Å²) >= 11 is 3.35. The number of rotatable bonds is 4. The van der Waals surface area contributed by atoms with E-state index < -0.39 is 5.54 Å². The third-order valence-electron chi connectivity index (χ3n) is 3.77. The summed E-state index contributed by atoms with van der Waals surface area (Å²) in [5.74, 6) is -0.398. The largest absolute Gasteiger partial charge is 0.345 e. The Hall–Kier alpha value is -1.11. The lowest BCUT2D eigenvalue weighted by Gasteiger charge is -2.25. The number of amides is 2. The van der Waals surface area contributed by atoms with E-state index >= 15 is 0 Å². The highest BCUT2D eigenvalue weighted by Crippen LogP contribution is 2.20. The third kappa shape index (κ3) is 4.44. The normalized spacial score (nSPS) is 16.6. The van der Waals surface area contributed by atoms with Crippen molar-refractivity contribution in [1.82, 2.24) is 10.2 Å². The van der Waals surface area contributed by atoms with Crippen molar-refractivity contribution < 1.29 is 9.59 Å². The van der Waals surface area contributed by atoms with E-state index in [1.165, 1.54) is 0 Å². The fraction of sp³-hybridized carbons (Fsp3) is 0.467. The van der Waals surface area contributed by atoms with Gasteiger partial charge in [-0.1, -0.05) is 28.1 Å². The summed E-state index contributed by atoms with van der Waals surface area (Å²) in [5, 5.41) is 2.65. The molecule has 0 bridgehead atoms. The number of carbonyl (C=O) groups excluding carboxylic acids is 2. The van der Waals surface area contributed by atoms with Gasteiger partial charge in [-0.25, -0.2) is 0 Å². The van der Waals surface area contributed by atoms with Crippen LogP contribution in [-0.2, 0) is 15.1 Å². The molecule has 0 saturated carbocycles. The van der Waals surface area contributed by atoms with E-state index in [1.54, 1.807) is 24.0 Å². The van der Waals surface area contributed by atoms with Gasteiger partial charge in [0.2, 0.25) is 11.8 Å². The zero-order chi connectivity index (χ0) is 15.5. The molecule has 1 unspecified atom stereocenters. The molecule has 0 aromatic heterocycles. The first-order valence-corrected chi connectivity index (χ1v) is 7.81. The smallest absolute Gasteiger partial charge is 0.244 e. The van der Waals surface area contributed by atoms with Gasteiger partial charge in [-0.3, -0.25) is 9.59 Å². The average molecular weight is 391 g/mol. The summed E-state index contributed by atoms with van der Waals surface area (Å²) in [6.07, 6.45) is 2.07. The van der Waals surface area contributed by atoms with E-state index in [-0.39, 0.29) is 30.8 Å². The molecular formula is C15H21BrClN3O2. The van der Waals surface area contributed by atoms with Crippen molar-refractivity contribution in [2.24, 2.45) is 5.73 Å². The van der Waals surface area contributed by atoms with E-state index in [1.807, 2.05) is 12.1 Å². The number of nitrogens with two attached hydrogens (primary N) is 1. The van der Waals surface area contributed by atoms with Crippen molar-refractivity contribution in [3.63, 3.8) is 0 Å². The number of hydrogen-bond donors (Lipinski definition) is 2. The first-order valence-electron chi connectivity index (χ1n) is 7.02. The summed E-state index contributed by atoms with van der Waals surface area (Å²) in [6, 6.07) is 7.27. The second-order valence-corrected chi connectivity index (χ2v) is 6.40. The molecule has 0 aliphatic carbocycles. The van der Waals surface area contributed by atoms with Crippen LogP contribution in [0.4, 0.5) is 0 Å². The predicted molar refractivity (Wildman–Crippen MR) is 91.8 cm³/mol. The van der Waals surface area contributed by atoms with Crippen molar-refractivity contribution in [3.05, 3.63) is 34.3 Å². The lowest BCUT2D eigenvalue weighted by Crippen LogP contribution is -2.51. The number of halogens is 2. The van der Waals surface area contributed by atoms with Crippen LogP contribution in [0.25, 0.3) is 0 Å². The average Bonchev–Trinajstić information content (AvgIpc) is 2.99. The predicted octanol–water partition coefficient (Wildman–Crippen LogP) is 1.78. The Labute approximate surface area is 145 Å². The summed E-state index contributed by atoms with van der Waals surface area (Å²) in [5.41, 5.74) is 5.66. The maximum atomic E-state index is 12.3. The molecule has 1 aromatic rings. The van der Waals surface area contributed by atoms with Gasteiger partial charge in [-0.05, 0) is 37.5 Å². The first kappa shape index (κ1) is 18.9. The Morgan fingerprint density at radius 2 is 1.82 bits per heavy atom. The van der Waals surface area contributed by atoms with Crippen molar-refractivity contribution in [1.29, 1.82) is 0 Å². The molecule has 22 heavy (non-hydrogen) atoms. The molecule has 7 heteroatoms. The minimum Gasteiger partial charge on any atom is -0.345 e. The highest BCUT2D eigenvalue weighted by Gasteiger charge is 2.31. The molecule has 1 aromatic carbocycles. The fourth-order valence-corrected chi connectivity index (χ4v) is 2.61. The van der Waals surface area contributed by atoms with Gasteiger partial charge in [0.05, 0.1) is 6.54 Å². The molecule has 1 fully saturated rings. The fourth-order valence-electron chi connectivity index (χ4n) is 2.35. The van der Waals surface area contributed by atoms with Crippen LogP contribution in [0.5, 0.6) is 0 Å². The number of nitrogens with zero attached hydrogens (tertiary/aromatic N) is 1. The van der Waals surface area contributed by atoms with Crippen LogP contribution in [0.3, 0.4) is 0 Å². The van der Waals surface area contributed by atoms with Crippen molar-refractivity contribution in [2.75, 3.05) is 19.6 Å². The lowest BCUT2D eigenvalue weighted by atomic mass is 9.92. The van der Waals surface area contributed by atoms with Gasteiger partial charge in [0.1, 0.15) is 5.54 Å². The molecule has 1 aliphatic heterocycles. The topological polar surface area (TPSA) is 75.4 Å². The number of likely N-dealkylation sites (tertiary alicyclic amines) is 1. The molecule has 1 aliphatic rings. The Kier molecular flexibility index (Phi) is 6.84. The van der Waals surface area contributed by atoms with Gasteiger partial charge in [0.25, 0.3) is 0 Å².